The molecule has 0 unspecified atom stereocenters. The number of halogens is 1. The van der Waals surface area contributed by atoms with E-state index < -0.39 is 5.82 Å². The number of aromatic nitrogens is 4. The number of hydrogen-bond donors (Lipinski definition) is 1. The van der Waals surface area contributed by atoms with Crippen LogP contribution in [0.5, 0.6) is 0 Å². The summed E-state index contributed by atoms with van der Waals surface area (Å²) in [5.74, 6) is 0.406. The molecule has 0 saturated carbocycles. The molecule has 2 N–H and O–H groups in total. The molecule has 0 atom stereocenters. The smallest absolute Gasteiger partial charge is 0.409 e. The number of fused-ring (bicyclic) bond motifs is 1. The normalized spacial score (nSPS) is 14.4. The maximum absolute atomic E-state index is 14.5. The van der Waals surface area contributed by atoms with Crippen LogP contribution in [0.1, 0.15) is 6.92 Å². The molecule has 2 aromatic heterocycles. The Hall–Kier alpha value is -3.43. The summed E-state index contributed by atoms with van der Waals surface area (Å²) in [6.07, 6.45) is -0.326. The van der Waals surface area contributed by atoms with Crippen molar-refractivity contribution in [1.29, 1.82) is 0 Å². The second-order valence-corrected chi connectivity index (χ2v) is 6.73. The Kier molecular flexibility index (Phi) is 4.91. The molecule has 0 spiro atoms. The van der Waals surface area contributed by atoms with Gasteiger partial charge < -0.3 is 20.3 Å². The summed E-state index contributed by atoms with van der Waals surface area (Å²) in [6.45, 7) is 4.15. The number of rotatable bonds is 3. The predicted octanol–water partition coefficient (Wildman–Crippen LogP) is 2.03. The van der Waals surface area contributed by atoms with Crippen LogP contribution in [0.2, 0.25) is 0 Å². The van der Waals surface area contributed by atoms with E-state index in [9.17, 15) is 9.18 Å². The highest BCUT2D eigenvalue weighted by molar-refractivity contribution is 5.99. The molecule has 152 valence electrons. The molecule has 4 rings (SSSR count). The van der Waals surface area contributed by atoms with Crippen molar-refractivity contribution < 1.29 is 13.9 Å². The van der Waals surface area contributed by atoms with Crippen molar-refractivity contribution >= 4 is 28.9 Å². The fraction of sp³-hybridized carbons (Fsp3) is 0.368. The summed E-state index contributed by atoms with van der Waals surface area (Å²) in [7, 11) is 1.71. The Bertz CT molecular complexity index is 1060. The quantitative estimate of drug-likeness (QED) is 0.719. The molecule has 3 heterocycles. The molecular weight excluding hydrogens is 377 g/mol. The van der Waals surface area contributed by atoms with Gasteiger partial charge in [0, 0.05) is 38.8 Å². The first-order valence-electron chi connectivity index (χ1n) is 9.41. The minimum absolute atomic E-state index is 0.326. The first-order valence-corrected chi connectivity index (χ1v) is 9.41. The van der Waals surface area contributed by atoms with Gasteiger partial charge in [-0.3, -0.25) is 4.68 Å². The van der Waals surface area contributed by atoms with Crippen LogP contribution in [0.15, 0.2) is 24.3 Å². The maximum atomic E-state index is 14.5. The molecule has 1 aliphatic heterocycles. The number of anilines is 2. The number of carbonyl (C=O) groups excluding carboxylic acids is 1. The van der Waals surface area contributed by atoms with E-state index in [0.717, 1.165) is 0 Å². The highest BCUT2D eigenvalue weighted by Gasteiger charge is 2.26. The van der Waals surface area contributed by atoms with Gasteiger partial charge in [-0.1, -0.05) is 12.1 Å². The highest BCUT2D eigenvalue weighted by Crippen LogP contribution is 2.33. The Morgan fingerprint density at radius 2 is 1.93 bits per heavy atom. The number of ether oxygens (including phenoxy) is 1. The van der Waals surface area contributed by atoms with Gasteiger partial charge in [-0.2, -0.15) is 10.1 Å². The van der Waals surface area contributed by atoms with Crippen LogP contribution in [-0.2, 0) is 11.8 Å². The number of hydrogen-bond acceptors (Lipinski definition) is 7. The Morgan fingerprint density at radius 3 is 2.62 bits per heavy atom. The molecule has 29 heavy (non-hydrogen) atoms. The van der Waals surface area contributed by atoms with Crippen molar-refractivity contribution in [2.24, 2.45) is 7.05 Å². The zero-order chi connectivity index (χ0) is 20.5. The van der Waals surface area contributed by atoms with E-state index in [2.05, 4.69) is 15.1 Å². The number of aryl methyl sites for hydroxylation is 1. The summed E-state index contributed by atoms with van der Waals surface area (Å²) >= 11 is 0. The topological polar surface area (TPSA) is 102 Å². The summed E-state index contributed by atoms with van der Waals surface area (Å²) in [4.78, 5) is 24.7. The average molecular weight is 399 g/mol. The van der Waals surface area contributed by atoms with Crippen LogP contribution < -0.4 is 10.6 Å². The van der Waals surface area contributed by atoms with Crippen LogP contribution in [0.4, 0.5) is 21.0 Å². The standard InChI is InChI=1S/C19H22FN7O2/c1-3-29-19(28)27-10-8-26(9-11-27)18-22-15(12-6-4-5-7-13(12)20)14-16(21)25(2)24-17(14)23-18/h4-7H,3,8-11,21H2,1-2H3. The first-order chi connectivity index (χ1) is 14.0. The number of amides is 1. The van der Waals surface area contributed by atoms with Crippen molar-refractivity contribution in [3.8, 4) is 11.3 Å². The second-order valence-electron chi connectivity index (χ2n) is 6.73. The Labute approximate surface area is 166 Å². The molecule has 1 aliphatic rings. The number of benzene rings is 1. The second kappa shape index (κ2) is 7.53. The zero-order valence-corrected chi connectivity index (χ0v) is 16.3. The van der Waals surface area contributed by atoms with Crippen LogP contribution in [0.3, 0.4) is 0 Å². The largest absolute Gasteiger partial charge is 0.450 e. The third kappa shape index (κ3) is 3.41. The van der Waals surface area contributed by atoms with Gasteiger partial charge in [0.25, 0.3) is 0 Å². The minimum Gasteiger partial charge on any atom is -0.450 e. The van der Waals surface area contributed by atoms with Gasteiger partial charge in [0.1, 0.15) is 11.6 Å². The van der Waals surface area contributed by atoms with E-state index in [-0.39, 0.29) is 6.09 Å². The van der Waals surface area contributed by atoms with Crippen LogP contribution >= 0.6 is 0 Å². The number of nitrogens with two attached hydrogens (primary N) is 1. The van der Waals surface area contributed by atoms with Crippen LogP contribution in [-0.4, -0.2) is 63.5 Å². The van der Waals surface area contributed by atoms with Crippen molar-refractivity contribution in [3.05, 3.63) is 30.1 Å². The number of nitrogen functional groups attached to an aromatic ring is 1. The summed E-state index contributed by atoms with van der Waals surface area (Å²) < 4.78 is 21.1. The lowest BCUT2D eigenvalue weighted by molar-refractivity contribution is 0.105. The molecule has 0 radical (unpaired) electrons. The molecule has 0 bridgehead atoms. The lowest BCUT2D eigenvalue weighted by Gasteiger charge is -2.34. The Balaban J connectivity index is 1.72. The fourth-order valence-corrected chi connectivity index (χ4v) is 3.40. The summed E-state index contributed by atoms with van der Waals surface area (Å²) in [6, 6.07) is 6.41. The highest BCUT2D eigenvalue weighted by atomic mass is 19.1. The molecule has 1 aromatic carbocycles. The first kappa shape index (κ1) is 18.9. The van der Waals surface area contributed by atoms with Crippen molar-refractivity contribution in [2.45, 2.75) is 6.92 Å². The molecule has 9 nitrogen and oxygen atoms in total. The molecular formula is C19H22FN7O2. The van der Waals surface area contributed by atoms with Gasteiger partial charge in [-0.05, 0) is 19.1 Å². The number of nitrogens with zero attached hydrogens (tertiary/aromatic N) is 6. The minimum atomic E-state index is -0.395. The average Bonchev–Trinajstić information content (AvgIpc) is 3.02. The van der Waals surface area contributed by atoms with E-state index in [4.69, 9.17) is 10.5 Å². The molecule has 1 saturated heterocycles. The van der Waals surface area contributed by atoms with Crippen molar-refractivity contribution in [1.82, 2.24) is 24.6 Å². The van der Waals surface area contributed by atoms with E-state index in [1.807, 2.05) is 4.90 Å². The van der Waals surface area contributed by atoms with Crippen molar-refractivity contribution in [2.75, 3.05) is 43.4 Å². The third-order valence-corrected chi connectivity index (χ3v) is 4.95. The lowest BCUT2D eigenvalue weighted by atomic mass is 10.1. The Morgan fingerprint density at radius 1 is 1.21 bits per heavy atom. The van der Waals surface area contributed by atoms with E-state index in [1.54, 1.807) is 37.1 Å². The van der Waals surface area contributed by atoms with E-state index in [1.165, 1.54) is 10.7 Å². The van der Waals surface area contributed by atoms with E-state index >= 15 is 0 Å². The third-order valence-electron chi connectivity index (χ3n) is 4.95. The van der Waals surface area contributed by atoms with Gasteiger partial charge >= 0.3 is 6.09 Å². The van der Waals surface area contributed by atoms with Gasteiger partial charge in [-0.15, -0.1) is 0 Å². The zero-order valence-electron chi connectivity index (χ0n) is 16.3. The van der Waals surface area contributed by atoms with Gasteiger partial charge in [0.15, 0.2) is 5.65 Å². The lowest BCUT2D eigenvalue weighted by Crippen LogP contribution is -2.49. The van der Waals surface area contributed by atoms with Crippen LogP contribution in [0.25, 0.3) is 22.3 Å². The molecule has 10 heteroatoms. The summed E-state index contributed by atoms with van der Waals surface area (Å²) in [5, 5.41) is 4.88. The van der Waals surface area contributed by atoms with E-state index in [0.29, 0.717) is 66.8 Å². The van der Waals surface area contributed by atoms with Crippen LogP contribution in [0, 0.1) is 5.82 Å². The fourth-order valence-electron chi connectivity index (χ4n) is 3.40. The molecule has 3 aromatic rings. The number of carbonyl (C=O) groups is 1. The number of piperazine rings is 1. The predicted molar refractivity (Wildman–Crippen MR) is 107 cm³/mol. The monoisotopic (exact) mass is 399 g/mol. The SMILES string of the molecule is CCOC(=O)N1CCN(c2nc(-c3ccccc3F)c3c(N)n(C)nc3n2)CC1. The van der Waals surface area contributed by atoms with Gasteiger partial charge in [0.05, 0.1) is 17.7 Å². The molecule has 1 amide bonds. The summed E-state index contributed by atoms with van der Waals surface area (Å²) in [5.41, 5.74) is 7.31. The molecule has 0 aliphatic carbocycles. The van der Waals surface area contributed by atoms with Gasteiger partial charge in [0.2, 0.25) is 5.95 Å². The maximum Gasteiger partial charge on any atom is 0.409 e. The van der Waals surface area contributed by atoms with Crippen molar-refractivity contribution in [3.63, 3.8) is 0 Å². The van der Waals surface area contributed by atoms with Gasteiger partial charge in [-0.25, -0.2) is 14.2 Å². The molecule has 1 fully saturated rings.